The minimum Gasteiger partial charge on any atom is -0.396 e. The molecule has 0 saturated carbocycles. The summed E-state index contributed by atoms with van der Waals surface area (Å²) >= 11 is 0. The second-order valence-corrected chi connectivity index (χ2v) is 5.41. The van der Waals surface area contributed by atoms with Crippen molar-refractivity contribution >= 4 is 15.9 Å². The first-order valence-corrected chi connectivity index (χ1v) is 6.91. The van der Waals surface area contributed by atoms with Crippen LogP contribution in [0.2, 0.25) is 0 Å². The zero-order chi connectivity index (χ0) is 12.3. The molecule has 1 aromatic rings. The van der Waals surface area contributed by atoms with Crippen molar-refractivity contribution in [2.45, 2.75) is 17.7 Å². The van der Waals surface area contributed by atoms with Crippen molar-refractivity contribution in [3.8, 4) is 0 Å². The van der Waals surface area contributed by atoms with Gasteiger partial charge >= 0.3 is 0 Å². The molecule has 1 aliphatic heterocycles. The minimum absolute atomic E-state index is 0.132. The summed E-state index contributed by atoms with van der Waals surface area (Å²) in [6.45, 7) is 0.639. The van der Waals surface area contributed by atoms with E-state index < -0.39 is 10.0 Å². The second-order valence-electron chi connectivity index (χ2n) is 3.76. The maximum absolute atomic E-state index is 11.7. The van der Waals surface area contributed by atoms with Crippen LogP contribution >= 0.6 is 0 Å². The number of aliphatic hydroxyl groups excluding tert-OH is 1. The molecule has 0 fully saturated rings. The van der Waals surface area contributed by atoms with Gasteiger partial charge in [0, 0.05) is 18.7 Å². The number of rotatable bonds is 4. The molecule has 0 aliphatic carbocycles. The molecule has 2 N–H and O–H groups in total. The van der Waals surface area contributed by atoms with Crippen molar-refractivity contribution in [2.75, 3.05) is 13.2 Å². The van der Waals surface area contributed by atoms with Crippen molar-refractivity contribution in [1.29, 1.82) is 0 Å². The highest BCUT2D eigenvalue weighted by atomic mass is 32.2. The Morgan fingerprint density at radius 1 is 1.24 bits per heavy atom. The van der Waals surface area contributed by atoms with Gasteiger partial charge in [-0.2, -0.15) is 0 Å². The molecule has 0 aromatic heterocycles. The molecule has 1 aromatic carbocycles. The Hall–Kier alpha value is -1.40. The first-order chi connectivity index (χ1) is 8.15. The quantitative estimate of drug-likeness (QED) is 0.768. The van der Waals surface area contributed by atoms with Gasteiger partial charge in [-0.3, -0.25) is 9.71 Å². The van der Waals surface area contributed by atoms with Gasteiger partial charge in [0.15, 0.2) is 0 Å². The van der Waals surface area contributed by atoms with Crippen LogP contribution in [0.1, 0.15) is 18.4 Å². The maximum Gasteiger partial charge on any atom is 0.263 e. The summed E-state index contributed by atoms with van der Waals surface area (Å²) in [6.07, 6.45) is 1.41. The fourth-order valence-electron chi connectivity index (χ4n) is 1.67. The van der Waals surface area contributed by atoms with E-state index in [0.717, 1.165) is 6.42 Å². The molecule has 6 heteroatoms. The summed E-state index contributed by atoms with van der Waals surface area (Å²) in [5, 5.41) is 8.64. The van der Waals surface area contributed by atoms with Gasteiger partial charge in [0.05, 0.1) is 4.90 Å². The fraction of sp³-hybridized carbons (Fsp3) is 0.364. The zero-order valence-corrected chi connectivity index (χ0v) is 10.1. The van der Waals surface area contributed by atoms with E-state index in [9.17, 15) is 8.42 Å². The summed E-state index contributed by atoms with van der Waals surface area (Å²) < 4.78 is 25.9. The average molecular weight is 254 g/mol. The van der Waals surface area contributed by atoms with E-state index >= 15 is 0 Å². The molecule has 0 radical (unpaired) electrons. The molecule has 0 atom stereocenters. The minimum atomic E-state index is -3.43. The fourth-order valence-corrected chi connectivity index (χ4v) is 2.92. The van der Waals surface area contributed by atoms with Gasteiger partial charge in [0.25, 0.3) is 10.0 Å². The van der Waals surface area contributed by atoms with E-state index in [1.165, 1.54) is 0 Å². The van der Waals surface area contributed by atoms with E-state index in [-0.39, 0.29) is 11.5 Å². The highest BCUT2D eigenvalue weighted by molar-refractivity contribution is 7.90. The van der Waals surface area contributed by atoms with Gasteiger partial charge in [-0.1, -0.05) is 12.1 Å². The number of fused-ring (bicyclic) bond motifs is 1. The number of sulfonamides is 1. The molecule has 5 nitrogen and oxygen atoms in total. The van der Waals surface area contributed by atoms with Crippen LogP contribution in [0.25, 0.3) is 0 Å². The SMILES string of the molecule is O=S1(=O)NC(=NCCCCO)c2ccccc21. The molecule has 1 heterocycles. The third-order valence-corrected chi connectivity index (χ3v) is 3.90. The Kier molecular flexibility index (Phi) is 3.44. The van der Waals surface area contributed by atoms with Crippen LogP contribution in [0.3, 0.4) is 0 Å². The Bertz CT molecular complexity index is 537. The molecule has 92 valence electrons. The number of nitrogens with one attached hydrogen (secondary N) is 1. The molecule has 0 bridgehead atoms. The van der Waals surface area contributed by atoms with Gasteiger partial charge in [-0.15, -0.1) is 0 Å². The van der Waals surface area contributed by atoms with E-state index in [0.29, 0.717) is 24.4 Å². The van der Waals surface area contributed by atoms with Crippen LogP contribution in [0.15, 0.2) is 34.2 Å². The lowest BCUT2D eigenvalue weighted by molar-refractivity contribution is 0.285. The largest absolute Gasteiger partial charge is 0.396 e. The number of hydrogen-bond donors (Lipinski definition) is 2. The molecule has 0 spiro atoms. The summed E-state index contributed by atoms with van der Waals surface area (Å²) in [7, 11) is -3.43. The van der Waals surface area contributed by atoms with Gasteiger partial charge in [0.1, 0.15) is 5.84 Å². The molecule has 17 heavy (non-hydrogen) atoms. The molecular weight excluding hydrogens is 240 g/mol. The predicted molar refractivity (Wildman–Crippen MR) is 64.5 cm³/mol. The standard InChI is InChI=1S/C11H14N2O3S/c14-8-4-3-7-12-11-9-5-1-2-6-10(9)17(15,16)13-11/h1-2,5-6,14H,3-4,7-8H2,(H,12,13). The number of unbranched alkanes of at least 4 members (excludes halogenated alkanes) is 1. The third kappa shape index (κ3) is 2.48. The summed E-state index contributed by atoms with van der Waals surface area (Å²) in [5.41, 5.74) is 0.622. The number of amidine groups is 1. The topological polar surface area (TPSA) is 78.8 Å². The van der Waals surface area contributed by atoms with Crippen LogP contribution in [0.4, 0.5) is 0 Å². The molecular formula is C11H14N2O3S. The Morgan fingerprint density at radius 2 is 2.00 bits per heavy atom. The Balaban J connectivity index is 2.23. The average Bonchev–Trinajstić information content (AvgIpc) is 2.58. The lowest BCUT2D eigenvalue weighted by atomic mass is 10.2. The van der Waals surface area contributed by atoms with Crippen molar-refractivity contribution in [3.05, 3.63) is 29.8 Å². The number of aliphatic imine (C=N–C) groups is 1. The smallest absolute Gasteiger partial charge is 0.263 e. The monoisotopic (exact) mass is 254 g/mol. The van der Waals surface area contributed by atoms with Gasteiger partial charge < -0.3 is 5.11 Å². The summed E-state index contributed by atoms with van der Waals surface area (Å²) in [4.78, 5) is 4.49. The van der Waals surface area contributed by atoms with Crippen molar-refractivity contribution in [2.24, 2.45) is 4.99 Å². The normalized spacial score (nSPS) is 19.0. The Labute approximate surface area is 100 Å². The van der Waals surface area contributed by atoms with Crippen LogP contribution in [-0.2, 0) is 10.0 Å². The number of aliphatic hydroxyl groups is 1. The van der Waals surface area contributed by atoms with Crippen LogP contribution in [0, 0.1) is 0 Å². The van der Waals surface area contributed by atoms with Crippen molar-refractivity contribution in [3.63, 3.8) is 0 Å². The third-order valence-electron chi connectivity index (χ3n) is 2.50. The van der Waals surface area contributed by atoms with Crippen molar-refractivity contribution < 1.29 is 13.5 Å². The number of benzene rings is 1. The molecule has 0 saturated heterocycles. The first kappa shape index (κ1) is 12.1. The molecule has 1 aliphatic rings. The lowest BCUT2D eigenvalue weighted by Crippen LogP contribution is -2.22. The number of nitrogens with zero attached hydrogens (tertiary/aromatic N) is 1. The Morgan fingerprint density at radius 3 is 2.76 bits per heavy atom. The molecule has 0 amide bonds. The van der Waals surface area contributed by atoms with Crippen LogP contribution in [-0.4, -0.2) is 32.5 Å². The van der Waals surface area contributed by atoms with Crippen molar-refractivity contribution in [1.82, 2.24) is 4.72 Å². The maximum atomic E-state index is 11.7. The van der Waals surface area contributed by atoms with Crippen LogP contribution < -0.4 is 4.72 Å². The van der Waals surface area contributed by atoms with Gasteiger partial charge in [-0.05, 0) is 25.0 Å². The van der Waals surface area contributed by atoms with Gasteiger partial charge in [-0.25, -0.2) is 8.42 Å². The highest BCUT2D eigenvalue weighted by Gasteiger charge is 2.29. The number of hydrogen-bond acceptors (Lipinski definition) is 4. The van der Waals surface area contributed by atoms with Gasteiger partial charge in [0.2, 0.25) is 0 Å². The zero-order valence-electron chi connectivity index (χ0n) is 9.26. The van der Waals surface area contributed by atoms with E-state index in [1.54, 1.807) is 24.3 Å². The highest BCUT2D eigenvalue weighted by Crippen LogP contribution is 2.22. The van der Waals surface area contributed by atoms with E-state index in [1.807, 2.05) is 0 Å². The molecule has 2 rings (SSSR count). The summed E-state index contributed by atoms with van der Waals surface area (Å²) in [5.74, 6) is 0.401. The van der Waals surface area contributed by atoms with E-state index in [4.69, 9.17) is 5.11 Å². The summed E-state index contributed by atoms with van der Waals surface area (Å²) in [6, 6.07) is 6.77. The first-order valence-electron chi connectivity index (χ1n) is 5.42. The van der Waals surface area contributed by atoms with E-state index in [2.05, 4.69) is 9.71 Å². The molecule has 0 unspecified atom stereocenters. The lowest BCUT2D eigenvalue weighted by Gasteiger charge is -1.98. The second kappa shape index (κ2) is 4.85. The predicted octanol–water partition coefficient (Wildman–Crippen LogP) is 0.498. The van der Waals surface area contributed by atoms with Crippen LogP contribution in [0.5, 0.6) is 0 Å².